The van der Waals surface area contributed by atoms with E-state index in [4.69, 9.17) is 49.5 Å². The van der Waals surface area contributed by atoms with Gasteiger partial charge in [-0.05, 0) is 88.2 Å². The molecule has 3 fully saturated rings. The zero-order valence-electron chi connectivity index (χ0n) is 35.7. The molecule has 0 spiro atoms. The van der Waals surface area contributed by atoms with Crippen LogP contribution in [0.5, 0.6) is 11.5 Å². The topological polar surface area (TPSA) is 147 Å². The number of alkyl carbamates (subject to hydrolysis) is 1. The van der Waals surface area contributed by atoms with Crippen molar-refractivity contribution in [3.8, 4) is 11.5 Å². The number of dihydropyridines is 1. The van der Waals surface area contributed by atoms with Gasteiger partial charge in [0.2, 0.25) is 0 Å². The summed E-state index contributed by atoms with van der Waals surface area (Å²) in [5.74, 6) is 0.430. The molecule has 1 amide bonds. The SMILES string of the molecule is COC(=O)C1=C(COCCNCCCCNC(=O)O[C@@H]2CCN([C@@H]3CCCC[C@H]3OCCc3ccc(OC)c(OC)c3)C2)NC(C)=C(C2OC(C)O2)C1c1ccccc1Cl. The molecule has 6 rings (SSSR count). The van der Waals surface area contributed by atoms with Crippen LogP contribution in [0.25, 0.3) is 0 Å². The van der Waals surface area contributed by atoms with Crippen molar-refractivity contribution in [3.63, 3.8) is 0 Å². The molecule has 3 N–H and O–H groups in total. The monoisotopic (exact) mass is 854 g/mol. The molecule has 1 aliphatic carbocycles. The molecule has 0 radical (unpaired) electrons. The second-order valence-corrected chi connectivity index (χ2v) is 16.1. The van der Waals surface area contributed by atoms with E-state index in [9.17, 15) is 9.59 Å². The Morgan fingerprint density at radius 2 is 1.73 bits per heavy atom. The van der Waals surface area contributed by atoms with Gasteiger partial charge in [-0.3, -0.25) is 4.90 Å². The number of methoxy groups -OCH3 is 3. The third kappa shape index (κ3) is 11.9. The molecule has 15 heteroatoms. The van der Waals surface area contributed by atoms with Crippen molar-refractivity contribution < 1.29 is 47.5 Å². The maximum Gasteiger partial charge on any atom is 0.407 e. The maximum atomic E-state index is 13.3. The van der Waals surface area contributed by atoms with Crippen LogP contribution in [0.2, 0.25) is 5.02 Å². The maximum absolute atomic E-state index is 13.3. The summed E-state index contributed by atoms with van der Waals surface area (Å²) in [4.78, 5) is 28.4. The Balaban J connectivity index is 0.860. The second-order valence-electron chi connectivity index (χ2n) is 15.7. The molecule has 3 heterocycles. The lowest BCUT2D eigenvalue weighted by Gasteiger charge is -2.42. The molecule has 0 bridgehead atoms. The number of allylic oxidation sites excluding steroid dienone is 1. The number of rotatable bonds is 21. The molecule has 4 aliphatic rings. The van der Waals surface area contributed by atoms with Gasteiger partial charge in [0.05, 0.1) is 58.5 Å². The summed E-state index contributed by atoms with van der Waals surface area (Å²) in [6.07, 6.45) is 6.56. The summed E-state index contributed by atoms with van der Waals surface area (Å²) in [6, 6.07) is 13.8. The first-order valence-electron chi connectivity index (χ1n) is 21.3. The minimum atomic E-state index is -0.616. The number of nitrogens with one attached hydrogen (secondary N) is 3. The van der Waals surface area contributed by atoms with Gasteiger partial charge in [0.25, 0.3) is 0 Å². The van der Waals surface area contributed by atoms with Crippen LogP contribution in [0.15, 0.2) is 65.0 Å². The van der Waals surface area contributed by atoms with Crippen molar-refractivity contribution in [2.45, 2.75) is 102 Å². The molecule has 2 aromatic rings. The van der Waals surface area contributed by atoms with E-state index < -0.39 is 18.2 Å². The summed E-state index contributed by atoms with van der Waals surface area (Å²) in [6.45, 7) is 8.55. The molecule has 60 heavy (non-hydrogen) atoms. The number of benzene rings is 2. The number of ether oxygens (including phenoxy) is 8. The van der Waals surface area contributed by atoms with Gasteiger partial charge in [-0.1, -0.05) is 48.7 Å². The Morgan fingerprint density at radius 1 is 0.950 bits per heavy atom. The highest BCUT2D eigenvalue weighted by Gasteiger charge is 2.44. The van der Waals surface area contributed by atoms with E-state index >= 15 is 0 Å². The van der Waals surface area contributed by atoms with Gasteiger partial charge in [0.15, 0.2) is 24.1 Å². The molecule has 3 aliphatic heterocycles. The number of halogens is 1. The Morgan fingerprint density at radius 3 is 2.50 bits per heavy atom. The highest BCUT2D eigenvalue weighted by atomic mass is 35.5. The van der Waals surface area contributed by atoms with Crippen LogP contribution in [0.1, 0.15) is 75.8 Å². The predicted molar refractivity (Wildman–Crippen MR) is 227 cm³/mol. The smallest absolute Gasteiger partial charge is 0.407 e. The number of hydrogen-bond donors (Lipinski definition) is 3. The van der Waals surface area contributed by atoms with E-state index in [0.717, 1.165) is 92.1 Å². The quantitative estimate of drug-likeness (QED) is 0.0966. The molecular formula is C45H63ClN4O10. The normalized spacial score (nSPS) is 24.4. The van der Waals surface area contributed by atoms with Gasteiger partial charge in [0.1, 0.15) is 6.10 Å². The van der Waals surface area contributed by atoms with Gasteiger partial charge in [0, 0.05) is 54.4 Å². The van der Waals surface area contributed by atoms with E-state index in [-0.39, 0.29) is 31.2 Å². The largest absolute Gasteiger partial charge is 0.493 e. The van der Waals surface area contributed by atoms with Crippen LogP contribution in [0, 0.1) is 0 Å². The number of unbranched alkanes of at least 4 members (excludes halogenated alkanes) is 1. The lowest BCUT2D eigenvalue weighted by atomic mass is 9.79. The summed E-state index contributed by atoms with van der Waals surface area (Å²) in [7, 11) is 4.65. The number of carbonyl (C=O) groups is 2. The first-order chi connectivity index (χ1) is 29.2. The highest BCUT2D eigenvalue weighted by Crippen LogP contribution is 2.45. The van der Waals surface area contributed by atoms with Crippen LogP contribution in [-0.4, -0.2) is 122 Å². The third-order valence-electron chi connectivity index (χ3n) is 11.7. The molecule has 1 saturated carbocycles. The van der Waals surface area contributed by atoms with Gasteiger partial charge in [-0.25, -0.2) is 9.59 Å². The number of hydrogen-bond acceptors (Lipinski definition) is 13. The van der Waals surface area contributed by atoms with Crippen LogP contribution < -0.4 is 25.4 Å². The average Bonchev–Trinajstić information content (AvgIpc) is 3.71. The van der Waals surface area contributed by atoms with Crippen molar-refractivity contribution in [1.82, 2.24) is 20.9 Å². The number of nitrogens with zero attached hydrogens (tertiary/aromatic N) is 1. The van der Waals surface area contributed by atoms with Gasteiger partial charge >= 0.3 is 12.1 Å². The first-order valence-corrected chi connectivity index (χ1v) is 21.7. The van der Waals surface area contributed by atoms with Crippen LogP contribution in [0.4, 0.5) is 4.79 Å². The van der Waals surface area contributed by atoms with Gasteiger partial charge in [-0.2, -0.15) is 0 Å². The Bertz CT molecular complexity index is 1800. The lowest BCUT2D eigenvalue weighted by Crippen LogP contribution is -2.46. The van der Waals surface area contributed by atoms with Gasteiger partial charge in [-0.15, -0.1) is 0 Å². The minimum Gasteiger partial charge on any atom is -0.493 e. The average molecular weight is 855 g/mol. The molecule has 14 nitrogen and oxygen atoms in total. The fourth-order valence-corrected chi connectivity index (χ4v) is 8.88. The third-order valence-corrected chi connectivity index (χ3v) is 12.0. The second kappa shape index (κ2) is 22.8. The predicted octanol–water partition coefficient (Wildman–Crippen LogP) is 6.22. The summed E-state index contributed by atoms with van der Waals surface area (Å²) in [5.41, 5.74) is 4.50. The fourth-order valence-electron chi connectivity index (χ4n) is 8.63. The Kier molecular flexibility index (Phi) is 17.3. The van der Waals surface area contributed by atoms with E-state index in [0.29, 0.717) is 48.6 Å². The number of amides is 1. The number of esters is 1. The van der Waals surface area contributed by atoms with E-state index in [1.807, 2.05) is 44.2 Å². The molecule has 330 valence electrons. The molecular weight excluding hydrogens is 792 g/mol. The minimum absolute atomic E-state index is 0.122. The fraction of sp³-hybridized carbons (Fsp3) is 0.600. The van der Waals surface area contributed by atoms with Crippen molar-refractivity contribution in [2.24, 2.45) is 0 Å². The molecule has 2 saturated heterocycles. The number of likely N-dealkylation sites (tertiary alicyclic amines) is 1. The molecule has 4 atom stereocenters. The summed E-state index contributed by atoms with van der Waals surface area (Å²) in [5, 5.41) is 10.2. The van der Waals surface area contributed by atoms with Gasteiger partial charge < -0.3 is 53.8 Å². The number of carbonyl (C=O) groups excluding carboxylic acids is 2. The van der Waals surface area contributed by atoms with Crippen molar-refractivity contribution in [3.05, 3.63) is 81.2 Å². The Hall–Kier alpha value is -3.89. The zero-order chi connectivity index (χ0) is 42.4. The molecule has 2 aromatic carbocycles. The standard InChI is InChI=1S/C45H63ClN4O10/c1-29-40(44-58-30(2)59-44)41(33-12-6-7-13-34(33)46)42(43(51)55-5)35(49-29)28-56-25-22-47-20-10-11-21-48-45(52)60-32-18-23-50(27-32)36-14-8-9-15-37(36)57-24-19-31-16-17-38(53-3)39(26-31)54-4/h6-7,12-13,16-17,26,30,32,36-37,41,44,47,49H,8-11,14-15,18-25,27-28H2,1-5H3,(H,48,52)/t30?,32-,36-,37-,41?,44?/m1/s1. The van der Waals surface area contributed by atoms with E-state index in [2.05, 4.69) is 26.9 Å². The van der Waals surface area contributed by atoms with Crippen LogP contribution in [0.3, 0.4) is 0 Å². The Labute approximate surface area is 359 Å². The molecule has 0 aromatic heterocycles. The molecule has 1 unspecified atom stereocenters. The lowest BCUT2D eigenvalue weighted by molar-refractivity contribution is -0.360. The van der Waals surface area contributed by atoms with E-state index in [1.165, 1.54) is 20.0 Å². The van der Waals surface area contributed by atoms with Crippen LogP contribution >= 0.6 is 11.6 Å². The van der Waals surface area contributed by atoms with Crippen molar-refractivity contribution in [1.29, 1.82) is 0 Å². The summed E-state index contributed by atoms with van der Waals surface area (Å²) < 4.78 is 46.2. The van der Waals surface area contributed by atoms with E-state index in [1.54, 1.807) is 20.3 Å². The van der Waals surface area contributed by atoms with Crippen LogP contribution in [-0.2, 0) is 39.6 Å². The van der Waals surface area contributed by atoms with Crippen molar-refractivity contribution in [2.75, 3.05) is 73.9 Å². The summed E-state index contributed by atoms with van der Waals surface area (Å²) >= 11 is 6.68. The highest BCUT2D eigenvalue weighted by molar-refractivity contribution is 6.31. The first kappa shape index (κ1) is 45.6. The zero-order valence-corrected chi connectivity index (χ0v) is 36.5. The van der Waals surface area contributed by atoms with Crippen molar-refractivity contribution >= 4 is 23.7 Å².